The Labute approximate surface area is 257 Å². The Kier molecular flexibility index (Phi) is 20.4. The van der Waals surface area contributed by atoms with E-state index >= 15 is 0 Å². The number of anilines is 5. The summed E-state index contributed by atoms with van der Waals surface area (Å²) in [4.78, 5) is 31.1. The van der Waals surface area contributed by atoms with Crippen LogP contribution in [0.4, 0.5) is 29.2 Å². The van der Waals surface area contributed by atoms with Crippen molar-refractivity contribution in [2.45, 2.75) is 84.5 Å². The number of rotatable bonds is 11. The molecule has 1 aromatic carbocycles. The van der Waals surface area contributed by atoms with Gasteiger partial charge in [0.1, 0.15) is 5.75 Å². The first-order valence-electron chi connectivity index (χ1n) is 14.1. The molecule has 42 heavy (non-hydrogen) atoms. The van der Waals surface area contributed by atoms with E-state index in [0.717, 1.165) is 71.1 Å². The van der Waals surface area contributed by atoms with E-state index in [9.17, 15) is 9.90 Å². The number of piperidine rings is 2. The van der Waals surface area contributed by atoms with Crippen LogP contribution in [0.15, 0.2) is 18.2 Å². The molecule has 0 unspecified atom stereocenters. The van der Waals surface area contributed by atoms with Crippen molar-refractivity contribution in [2.24, 2.45) is 5.92 Å². The van der Waals surface area contributed by atoms with Gasteiger partial charge in [0, 0.05) is 44.4 Å². The van der Waals surface area contributed by atoms with Gasteiger partial charge < -0.3 is 50.1 Å². The molecule has 4 rings (SSSR count). The predicted molar refractivity (Wildman–Crippen MR) is 177 cm³/mol. The molecule has 14 heteroatoms. The van der Waals surface area contributed by atoms with Gasteiger partial charge >= 0.3 is 0 Å². The minimum atomic E-state index is -0.0737. The number of benzene rings is 1. The minimum Gasteiger partial charge on any atom is -0.506 e. The Morgan fingerprint density at radius 1 is 0.833 bits per heavy atom. The predicted octanol–water partition coefficient (Wildman–Crippen LogP) is 6.92. The highest BCUT2D eigenvalue weighted by molar-refractivity contribution is 5.92. The smallest absolute Gasteiger partial charge is 0.233 e. The van der Waals surface area contributed by atoms with Gasteiger partial charge in [0.2, 0.25) is 23.8 Å². The fourth-order valence-corrected chi connectivity index (χ4v) is 4.95. The molecule has 0 spiro atoms. The molecule has 0 aliphatic carbocycles. The van der Waals surface area contributed by atoms with Gasteiger partial charge in [-0.05, 0) is 63.0 Å². The van der Waals surface area contributed by atoms with E-state index in [1.807, 2.05) is 6.07 Å². The quantitative estimate of drug-likeness (QED) is 0.101. The van der Waals surface area contributed by atoms with Gasteiger partial charge in [-0.15, -0.1) is 12.4 Å². The van der Waals surface area contributed by atoms with E-state index < -0.39 is 0 Å². The standard InChI is InChI=1S/C28H43N7O2.ClH.4H3N/c1-21(2)12-6-3-7-13-25(37)30-23-15-14-22(20-24(23)36)29-26-31-27(34-16-8-4-9-17-34)33-28(32-26)35-18-10-5-11-19-35;;;;;/h14-15,20-21,36H,3-13,16-19H2,1-2H3,(H,30,37)(H,29,31,32,33);1H;4*1H3. The third-order valence-electron chi connectivity index (χ3n) is 7.10. The van der Waals surface area contributed by atoms with Gasteiger partial charge in [0.15, 0.2) is 0 Å². The summed E-state index contributed by atoms with van der Waals surface area (Å²) < 4.78 is 0. The number of hydrogen-bond donors (Lipinski definition) is 7. The average molecular weight is 614 g/mol. The summed E-state index contributed by atoms with van der Waals surface area (Å²) in [6.07, 6.45) is 11.8. The topological polar surface area (TPSA) is 247 Å². The summed E-state index contributed by atoms with van der Waals surface area (Å²) in [5.41, 5.74) is 1.07. The lowest BCUT2D eigenvalue weighted by Crippen LogP contribution is -2.34. The zero-order chi connectivity index (χ0) is 26.0. The van der Waals surface area contributed by atoms with Crippen LogP contribution in [0.25, 0.3) is 0 Å². The molecule has 15 N–H and O–H groups in total. The Balaban J connectivity index is 0. The molecule has 2 aliphatic heterocycles. The molecule has 0 bridgehead atoms. The van der Waals surface area contributed by atoms with Crippen molar-refractivity contribution in [3.63, 3.8) is 0 Å². The van der Waals surface area contributed by atoms with Gasteiger partial charge in [-0.2, -0.15) is 15.0 Å². The zero-order valence-electron chi connectivity index (χ0n) is 25.7. The van der Waals surface area contributed by atoms with Crippen LogP contribution in [0, 0.1) is 5.92 Å². The Morgan fingerprint density at radius 2 is 1.38 bits per heavy atom. The van der Waals surface area contributed by atoms with Crippen molar-refractivity contribution in [3.05, 3.63) is 18.2 Å². The van der Waals surface area contributed by atoms with Crippen molar-refractivity contribution < 1.29 is 9.90 Å². The van der Waals surface area contributed by atoms with Crippen LogP contribution in [-0.2, 0) is 4.79 Å². The molecule has 13 nitrogen and oxygen atoms in total. The molecule has 2 aromatic rings. The lowest BCUT2D eigenvalue weighted by molar-refractivity contribution is -0.116. The minimum absolute atomic E-state index is 0. The molecule has 3 heterocycles. The molecule has 2 saturated heterocycles. The molecular formula is C28H56ClN11O2. The maximum absolute atomic E-state index is 12.3. The number of nitrogens with zero attached hydrogens (tertiary/aromatic N) is 5. The first-order chi connectivity index (χ1) is 18.0. The molecular weight excluding hydrogens is 558 g/mol. The SMILES string of the molecule is CC(C)CCCCCC(=O)Nc1ccc(Nc2nc(N3CCCCC3)nc(N3CCCCC3)n2)cc1O.Cl.N.N.N.N. The fourth-order valence-electron chi connectivity index (χ4n) is 4.95. The van der Waals surface area contributed by atoms with Gasteiger partial charge in [-0.3, -0.25) is 4.79 Å². The number of amides is 1. The number of halogens is 1. The molecule has 1 amide bonds. The zero-order valence-corrected chi connectivity index (χ0v) is 26.6. The number of hydrogen-bond acceptors (Lipinski definition) is 12. The first kappa shape index (κ1) is 41.2. The Bertz CT molecular complexity index is 997. The summed E-state index contributed by atoms with van der Waals surface area (Å²) in [5.74, 6) is 2.52. The fraction of sp³-hybridized carbons (Fsp3) is 0.643. The van der Waals surface area contributed by atoms with Crippen LogP contribution >= 0.6 is 12.4 Å². The maximum atomic E-state index is 12.3. The van der Waals surface area contributed by atoms with E-state index in [2.05, 4.69) is 34.3 Å². The molecule has 2 fully saturated rings. The summed E-state index contributed by atoms with van der Waals surface area (Å²) in [6, 6.07) is 5.14. The first-order valence-corrected chi connectivity index (χ1v) is 14.1. The van der Waals surface area contributed by atoms with Crippen LogP contribution in [0.5, 0.6) is 5.75 Å². The van der Waals surface area contributed by atoms with Crippen LogP contribution in [0.1, 0.15) is 84.5 Å². The van der Waals surface area contributed by atoms with Gasteiger partial charge in [0.25, 0.3) is 0 Å². The van der Waals surface area contributed by atoms with Crippen LogP contribution < -0.4 is 45.0 Å². The van der Waals surface area contributed by atoms with Crippen molar-refractivity contribution in [1.82, 2.24) is 39.6 Å². The summed E-state index contributed by atoms with van der Waals surface area (Å²) in [7, 11) is 0. The molecule has 0 radical (unpaired) electrons. The number of unbranched alkanes of at least 4 members (excludes halogenated alkanes) is 2. The summed E-state index contributed by atoms with van der Waals surface area (Å²) in [5, 5.41) is 16.7. The third kappa shape index (κ3) is 12.5. The summed E-state index contributed by atoms with van der Waals surface area (Å²) >= 11 is 0. The number of phenols is 1. The van der Waals surface area contributed by atoms with Gasteiger partial charge in [0.05, 0.1) is 5.69 Å². The van der Waals surface area contributed by atoms with Gasteiger partial charge in [-0.25, -0.2) is 0 Å². The number of aromatic hydroxyl groups is 1. The van der Waals surface area contributed by atoms with Crippen molar-refractivity contribution >= 4 is 47.5 Å². The highest BCUT2D eigenvalue weighted by atomic mass is 35.5. The second kappa shape index (κ2) is 20.8. The van der Waals surface area contributed by atoms with E-state index in [-0.39, 0.29) is 48.7 Å². The van der Waals surface area contributed by atoms with E-state index in [1.165, 1.54) is 19.3 Å². The number of nitrogens with one attached hydrogen (secondary N) is 2. The highest BCUT2D eigenvalue weighted by Gasteiger charge is 2.20. The van der Waals surface area contributed by atoms with E-state index in [1.54, 1.807) is 12.1 Å². The lowest BCUT2D eigenvalue weighted by Gasteiger charge is -2.30. The van der Waals surface area contributed by atoms with Crippen LogP contribution in [0.2, 0.25) is 0 Å². The number of carbonyl (C=O) groups is 1. The van der Waals surface area contributed by atoms with Gasteiger partial charge in [-0.1, -0.05) is 33.1 Å². The normalized spacial score (nSPS) is 14.3. The molecule has 0 atom stereocenters. The number of carbonyl (C=O) groups excluding carboxylic acids is 1. The molecule has 0 saturated carbocycles. The van der Waals surface area contributed by atoms with Crippen molar-refractivity contribution in [2.75, 3.05) is 46.6 Å². The average Bonchev–Trinajstić information content (AvgIpc) is 2.91. The van der Waals surface area contributed by atoms with E-state index in [4.69, 9.17) is 15.0 Å². The maximum Gasteiger partial charge on any atom is 0.233 e. The third-order valence-corrected chi connectivity index (χ3v) is 7.10. The van der Waals surface area contributed by atoms with E-state index in [0.29, 0.717) is 41.6 Å². The largest absolute Gasteiger partial charge is 0.506 e. The second-order valence-corrected chi connectivity index (χ2v) is 10.8. The second-order valence-electron chi connectivity index (χ2n) is 10.8. The van der Waals surface area contributed by atoms with Crippen LogP contribution in [0.3, 0.4) is 0 Å². The Hall–Kier alpha value is -2.97. The number of phenolic OH excluding ortho intramolecular Hbond substituents is 1. The van der Waals surface area contributed by atoms with Crippen molar-refractivity contribution in [3.8, 4) is 5.75 Å². The number of aromatic nitrogens is 3. The molecule has 1 aromatic heterocycles. The highest BCUT2D eigenvalue weighted by Crippen LogP contribution is 2.29. The molecule has 242 valence electrons. The Morgan fingerprint density at radius 3 is 1.88 bits per heavy atom. The van der Waals surface area contributed by atoms with Crippen molar-refractivity contribution in [1.29, 1.82) is 0 Å². The van der Waals surface area contributed by atoms with Crippen LogP contribution in [-0.4, -0.2) is 52.1 Å². The molecule has 2 aliphatic rings. The lowest BCUT2D eigenvalue weighted by atomic mass is 10.0. The monoisotopic (exact) mass is 613 g/mol. The summed E-state index contributed by atoms with van der Waals surface area (Å²) in [6.45, 7) is 8.25.